The lowest BCUT2D eigenvalue weighted by atomic mass is 10.0. The first-order valence-electron chi connectivity index (χ1n) is 9.27. The number of benzene rings is 1. The minimum Gasteiger partial charge on any atom is -0.383 e. The third-order valence-corrected chi connectivity index (χ3v) is 4.62. The molecule has 1 aromatic rings. The van der Waals surface area contributed by atoms with Gasteiger partial charge in [-0.15, -0.1) is 24.0 Å². The average Bonchev–Trinajstić information content (AvgIpc) is 2.69. The van der Waals surface area contributed by atoms with Crippen LogP contribution in [0.3, 0.4) is 0 Å². The molecular formula is C19H30F3IN4O2. The van der Waals surface area contributed by atoms with Crippen molar-refractivity contribution in [1.82, 2.24) is 15.1 Å². The van der Waals surface area contributed by atoms with E-state index in [-0.39, 0.29) is 24.0 Å². The molecule has 1 fully saturated rings. The van der Waals surface area contributed by atoms with Crippen molar-refractivity contribution < 1.29 is 22.6 Å². The van der Waals surface area contributed by atoms with Crippen LogP contribution in [0.5, 0.6) is 0 Å². The minimum absolute atomic E-state index is 0. The van der Waals surface area contributed by atoms with E-state index in [0.29, 0.717) is 38.4 Å². The summed E-state index contributed by atoms with van der Waals surface area (Å²) in [5.74, 6) is 0.723. The first kappa shape index (κ1) is 25.9. The third kappa shape index (κ3) is 8.27. The highest BCUT2D eigenvalue weighted by Crippen LogP contribution is 2.32. The van der Waals surface area contributed by atoms with Gasteiger partial charge in [0.15, 0.2) is 5.96 Å². The van der Waals surface area contributed by atoms with Crippen LogP contribution in [0.1, 0.15) is 17.2 Å². The Morgan fingerprint density at radius 3 is 2.79 bits per heavy atom. The molecule has 166 valence electrons. The molecule has 1 aromatic carbocycles. The van der Waals surface area contributed by atoms with Crippen LogP contribution in [0.15, 0.2) is 29.3 Å². The molecular weight excluding hydrogens is 500 g/mol. The number of guanidine groups is 1. The molecule has 0 saturated carbocycles. The number of likely N-dealkylation sites (N-methyl/N-ethyl adjacent to an activating group) is 1. The summed E-state index contributed by atoms with van der Waals surface area (Å²) in [6.07, 6.45) is -4.80. The predicted octanol–water partition coefficient (Wildman–Crippen LogP) is 2.85. The van der Waals surface area contributed by atoms with Crippen molar-refractivity contribution >= 4 is 29.9 Å². The van der Waals surface area contributed by atoms with E-state index in [9.17, 15) is 13.2 Å². The smallest absolute Gasteiger partial charge is 0.383 e. The van der Waals surface area contributed by atoms with Crippen LogP contribution >= 0.6 is 24.0 Å². The average molecular weight is 530 g/mol. The molecule has 10 heteroatoms. The fraction of sp³-hybridized carbons (Fsp3) is 0.632. The van der Waals surface area contributed by atoms with Crippen LogP contribution in [-0.2, 0) is 15.7 Å². The lowest BCUT2D eigenvalue weighted by Gasteiger charge is -2.35. The minimum atomic E-state index is -4.36. The van der Waals surface area contributed by atoms with E-state index in [1.165, 1.54) is 6.07 Å². The molecule has 1 aliphatic rings. The molecule has 29 heavy (non-hydrogen) atoms. The summed E-state index contributed by atoms with van der Waals surface area (Å²) in [4.78, 5) is 8.47. The van der Waals surface area contributed by atoms with Gasteiger partial charge in [-0.3, -0.25) is 4.99 Å². The quantitative estimate of drug-likeness (QED) is 0.334. The number of halogens is 4. The number of hydrogen-bond donors (Lipinski definition) is 1. The van der Waals surface area contributed by atoms with Crippen molar-refractivity contribution in [2.75, 3.05) is 67.1 Å². The fourth-order valence-corrected chi connectivity index (χ4v) is 3.01. The Hall–Kier alpha value is -1.11. The predicted molar refractivity (Wildman–Crippen MR) is 118 cm³/mol. The van der Waals surface area contributed by atoms with E-state index in [1.807, 2.05) is 11.9 Å². The molecule has 0 radical (unpaired) electrons. The number of aliphatic imine (C=N–C) groups is 1. The molecule has 2 rings (SSSR count). The molecule has 6 nitrogen and oxygen atoms in total. The van der Waals surface area contributed by atoms with Gasteiger partial charge in [0.05, 0.1) is 25.3 Å². The largest absolute Gasteiger partial charge is 0.416 e. The second kappa shape index (κ2) is 12.6. The van der Waals surface area contributed by atoms with Gasteiger partial charge in [0, 0.05) is 40.3 Å². The normalized spacial score (nSPS) is 18.0. The summed E-state index contributed by atoms with van der Waals surface area (Å²) in [5, 5.41) is 3.31. The van der Waals surface area contributed by atoms with Gasteiger partial charge in [-0.05, 0) is 24.7 Å². The molecule has 1 atom stereocenters. The van der Waals surface area contributed by atoms with Crippen LogP contribution in [0.25, 0.3) is 0 Å². The summed E-state index contributed by atoms with van der Waals surface area (Å²) in [5.41, 5.74) is -0.137. The summed E-state index contributed by atoms with van der Waals surface area (Å²) in [6, 6.07) is 5.33. The van der Waals surface area contributed by atoms with Crippen LogP contribution in [0, 0.1) is 0 Å². The third-order valence-electron chi connectivity index (χ3n) is 4.62. The number of methoxy groups -OCH3 is 1. The maximum Gasteiger partial charge on any atom is 0.416 e. The molecule has 0 spiro atoms. The number of nitrogens with zero attached hydrogens (tertiary/aromatic N) is 3. The summed E-state index contributed by atoms with van der Waals surface area (Å²) >= 11 is 0. The van der Waals surface area contributed by atoms with Gasteiger partial charge < -0.3 is 24.6 Å². The van der Waals surface area contributed by atoms with Gasteiger partial charge in [-0.1, -0.05) is 12.1 Å². The van der Waals surface area contributed by atoms with Crippen LogP contribution < -0.4 is 5.32 Å². The molecule has 0 aromatic heterocycles. The Labute approximate surface area is 187 Å². The van der Waals surface area contributed by atoms with Crippen molar-refractivity contribution in [2.24, 2.45) is 4.99 Å². The van der Waals surface area contributed by atoms with Crippen molar-refractivity contribution in [3.05, 3.63) is 35.4 Å². The van der Waals surface area contributed by atoms with Crippen LogP contribution in [0.2, 0.25) is 0 Å². The van der Waals surface area contributed by atoms with Crippen LogP contribution in [0.4, 0.5) is 13.2 Å². The Morgan fingerprint density at radius 2 is 2.14 bits per heavy atom. The maximum atomic E-state index is 13.0. The van der Waals surface area contributed by atoms with E-state index < -0.39 is 17.8 Å². The van der Waals surface area contributed by atoms with Gasteiger partial charge in [0.25, 0.3) is 0 Å². The first-order valence-corrected chi connectivity index (χ1v) is 9.27. The molecule has 1 unspecified atom stereocenters. The first-order chi connectivity index (χ1) is 13.3. The van der Waals surface area contributed by atoms with Crippen molar-refractivity contribution in [1.29, 1.82) is 0 Å². The van der Waals surface area contributed by atoms with Gasteiger partial charge in [0.1, 0.15) is 6.10 Å². The fourth-order valence-electron chi connectivity index (χ4n) is 3.01. The van der Waals surface area contributed by atoms with Crippen molar-refractivity contribution in [3.8, 4) is 0 Å². The van der Waals surface area contributed by atoms with Gasteiger partial charge in [-0.2, -0.15) is 13.2 Å². The standard InChI is InChI=1S/C19H29F3N4O2.HI/c1-23-18(24-7-8-25(2)9-11-27-3)26-10-12-28-17(14-26)15-5-4-6-16(13-15)19(20,21)22;/h4-6,13,17H,7-12,14H2,1-3H3,(H,23,24);1H. The number of ether oxygens (including phenoxy) is 2. The second-order valence-electron chi connectivity index (χ2n) is 6.70. The van der Waals surface area contributed by atoms with Gasteiger partial charge in [0.2, 0.25) is 0 Å². The number of hydrogen-bond acceptors (Lipinski definition) is 4. The highest BCUT2D eigenvalue weighted by atomic mass is 127. The molecule has 0 bridgehead atoms. The Bertz CT molecular complexity index is 646. The highest BCUT2D eigenvalue weighted by molar-refractivity contribution is 14.0. The number of morpholine rings is 1. The lowest BCUT2D eigenvalue weighted by Crippen LogP contribution is -2.49. The second-order valence-corrected chi connectivity index (χ2v) is 6.70. The van der Waals surface area contributed by atoms with E-state index >= 15 is 0 Å². The van der Waals surface area contributed by atoms with Gasteiger partial charge in [-0.25, -0.2) is 0 Å². The zero-order valence-corrected chi connectivity index (χ0v) is 19.4. The molecule has 1 heterocycles. The number of alkyl halides is 3. The van der Waals surface area contributed by atoms with Crippen LogP contribution in [-0.4, -0.2) is 82.9 Å². The maximum absolute atomic E-state index is 13.0. The topological polar surface area (TPSA) is 49.3 Å². The molecule has 1 N–H and O–H groups in total. The summed E-state index contributed by atoms with van der Waals surface area (Å²) in [6.45, 7) is 4.55. The highest BCUT2D eigenvalue weighted by Gasteiger charge is 2.32. The van der Waals surface area contributed by atoms with E-state index in [0.717, 1.165) is 31.2 Å². The van der Waals surface area contributed by atoms with E-state index in [2.05, 4.69) is 15.2 Å². The lowest BCUT2D eigenvalue weighted by molar-refractivity contribution is -0.137. The SMILES string of the molecule is CN=C(NCCN(C)CCOC)N1CCOC(c2cccc(C(F)(F)F)c2)C1.I. The number of rotatable bonds is 7. The van der Waals surface area contributed by atoms with Crippen molar-refractivity contribution in [2.45, 2.75) is 12.3 Å². The Morgan fingerprint density at radius 1 is 1.38 bits per heavy atom. The Kier molecular flexibility index (Phi) is 11.2. The van der Waals surface area contributed by atoms with Crippen molar-refractivity contribution in [3.63, 3.8) is 0 Å². The van der Waals surface area contributed by atoms with Gasteiger partial charge >= 0.3 is 6.18 Å². The van der Waals surface area contributed by atoms with E-state index in [1.54, 1.807) is 20.2 Å². The molecule has 1 saturated heterocycles. The zero-order chi connectivity index (χ0) is 20.6. The number of nitrogens with one attached hydrogen (secondary N) is 1. The monoisotopic (exact) mass is 530 g/mol. The summed E-state index contributed by atoms with van der Waals surface area (Å²) < 4.78 is 49.7. The Balaban J connectivity index is 0.00000420. The zero-order valence-electron chi connectivity index (χ0n) is 17.0. The summed E-state index contributed by atoms with van der Waals surface area (Å²) in [7, 11) is 5.39. The molecule has 0 aliphatic carbocycles. The molecule has 0 amide bonds. The van der Waals surface area contributed by atoms with E-state index in [4.69, 9.17) is 9.47 Å². The molecule has 1 aliphatic heterocycles.